The number of amides is 1. The number of aromatic nitrogens is 2. The van der Waals surface area contributed by atoms with Crippen molar-refractivity contribution in [1.82, 2.24) is 14.5 Å². The van der Waals surface area contributed by atoms with Crippen LogP contribution in [0.3, 0.4) is 0 Å². The second-order valence-corrected chi connectivity index (χ2v) is 9.61. The van der Waals surface area contributed by atoms with Gasteiger partial charge in [-0.05, 0) is 50.1 Å². The normalized spacial score (nSPS) is 11.6. The summed E-state index contributed by atoms with van der Waals surface area (Å²) in [7, 11) is -2.66. The molecule has 0 radical (unpaired) electrons. The maximum Gasteiger partial charge on any atom is 0.356 e. The molecule has 35 heavy (non-hydrogen) atoms. The molecule has 0 saturated heterocycles. The number of hydrogen-bond donors (Lipinski definition) is 3. The number of carboxylic acids is 1. The van der Waals surface area contributed by atoms with Crippen molar-refractivity contribution in [1.29, 1.82) is 0 Å². The zero-order chi connectivity index (χ0) is 25.8. The highest BCUT2D eigenvalue weighted by atomic mass is 32.2. The van der Waals surface area contributed by atoms with Crippen molar-refractivity contribution < 1.29 is 32.3 Å². The van der Waals surface area contributed by atoms with E-state index in [2.05, 4.69) is 15.1 Å². The number of nitrogens with zero attached hydrogens (tertiary/aromatic N) is 2. The first kappa shape index (κ1) is 26.0. The van der Waals surface area contributed by atoms with Gasteiger partial charge >= 0.3 is 5.97 Å². The van der Waals surface area contributed by atoms with Crippen LogP contribution in [-0.2, 0) is 28.4 Å². The summed E-state index contributed by atoms with van der Waals surface area (Å²) < 4.78 is 41.2. The third-order valence-electron chi connectivity index (χ3n) is 5.50. The summed E-state index contributed by atoms with van der Waals surface area (Å²) in [6, 6.07) is 7.47. The van der Waals surface area contributed by atoms with Gasteiger partial charge in [-0.15, -0.1) is 0 Å². The van der Waals surface area contributed by atoms with Crippen LogP contribution in [0.25, 0.3) is 0 Å². The summed E-state index contributed by atoms with van der Waals surface area (Å²) in [5.74, 6) is -1.26. The molecule has 0 aliphatic rings. The smallest absolute Gasteiger partial charge is 0.356 e. The van der Waals surface area contributed by atoms with E-state index in [1.807, 2.05) is 13.8 Å². The van der Waals surface area contributed by atoms with Gasteiger partial charge in [-0.1, -0.05) is 13.8 Å². The molecule has 0 saturated carbocycles. The zero-order valence-corrected chi connectivity index (χ0v) is 20.7. The molecule has 3 aromatic rings. The Morgan fingerprint density at radius 2 is 1.94 bits per heavy atom. The van der Waals surface area contributed by atoms with E-state index in [9.17, 15) is 23.1 Å². The van der Waals surface area contributed by atoms with Gasteiger partial charge in [-0.2, -0.15) is 5.10 Å². The van der Waals surface area contributed by atoms with Crippen molar-refractivity contribution in [2.24, 2.45) is 13.0 Å². The Bertz CT molecular complexity index is 1310. The number of nitrogens with one attached hydrogen (secondary N) is 2. The molecule has 2 aromatic heterocycles. The van der Waals surface area contributed by atoms with Crippen LogP contribution >= 0.6 is 0 Å². The molecular formula is C23H28N4O7S. The second-order valence-electron chi connectivity index (χ2n) is 7.88. The molecule has 12 heteroatoms. The molecular weight excluding hydrogens is 476 g/mol. The van der Waals surface area contributed by atoms with Crippen molar-refractivity contribution in [2.45, 2.75) is 45.1 Å². The molecule has 1 aromatic carbocycles. The van der Waals surface area contributed by atoms with Crippen LogP contribution < -0.4 is 14.8 Å². The van der Waals surface area contributed by atoms with Gasteiger partial charge in [-0.3, -0.25) is 4.79 Å². The molecule has 11 nitrogen and oxygen atoms in total. The number of rotatable bonds is 11. The number of hydrogen-bond acceptors (Lipinski definition) is 7. The molecule has 0 atom stereocenters. The minimum Gasteiger partial charge on any atom is -0.476 e. The third kappa shape index (κ3) is 5.89. The van der Waals surface area contributed by atoms with Gasteiger partial charge in [0.1, 0.15) is 16.4 Å². The molecule has 3 rings (SSSR count). The number of anilines is 1. The van der Waals surface area contributed by atoms with Gasteiger partial charge < -0.3 is 19.6 Å². The van der Waals surface area contributed by atoms with Crippen LogP contribution in [0.4, 0.5) is 5.69 Å². The highest BCUT2D eigenvalue weighted by molar-refractivity contribution is 7.89. The number of carboxylic acid groups (broad SMARTS) is 1. The lowest BCUT2D eigenvalue weighted by Crippen LogP contribution is -2.25. The minimum absolute atomic E-state index is 0.0682. The Morgan fingerprint density at radius 1 is 1.23 bits per heavy atom. The average molecular weight is 505 g/mol. The predicted molar refractivity (Wildman–Crippen MR) is 127 cm³/mol. The van der Waals surface area contributed by atoms with Crippen molar-refractivity contribution in [3.8, 4) is 11.6 Å². The van der Waals surface area contributed by atoms with Gasteiger partial charge in [0, 0.05) is 24.2 Å². The average Bonchev–Trinajstić information content (AvgIpc) is 3.43. The summed E-state index contributed by atoms with van der Waals surface area (Å²) >= 11 is 0. The largest absolute Gasteiger partial charge is 0.476 e. The van der Waals surface area contributed by atoms with Gasteiger partial charge in [0.15, 0.2) is 5.69 Å². The topological polar surface area (TPSA) is 153 Å². The number of carbonyl (C=O) groups excluding carboxylic acids is 1. The summed E-state index contributed by atoms with van der Waals surface area (Å²) in [5, 5.41) is 16.0. The molecule has 0 bridgehead atoms. The van der Waals surface area contributed by atoms with Crippen molar-refractivity contribution in [2.75, 3.05) is 5.32 Å². The fourth-order valence-electron chi connectivity index (χ4n) is 3.51. The number of ether oxygens (including phenoxy) is 1. The van der Waals surface area contributed by atoms with Gasteiger partial charge in [-0.25, -0.2) is 22.6 Å². The van der Waals surface area contributed by atoms with Crippen LogP contribution in [-0.4, -0.2) is 35.2 Å². The number of sulfonamides is 1. The quantitative estimate of drug-likeness (QED) is 0.358. The minimum atomic E-state index is -4.14. The van der Waals surface area contributed by atoms with Crippen molar-refractivity contribution >= 4 is 27.6 Å². The molecule has 0 aliphatic heterocycles. The predicted octanol–water partition coefficient (Wildman–Crippen LogP) is 3.67. The number of aromatic carboxylic acids is 1. The Labute approximate surface area is 203 Å². The van der Waals surface area contributed by atoms with E-state index in [4.69, 9.17) is 9.15 Å². The van der Waals surface area contributed by atoms with Crippen LogP contribution in [0.2, 0.25) is 0 Å². The maximum absolute atomic E-state index is 13.2. The zero-order valence-electron chi connectivity index (χ0n) is 19.9. The van der Waals surface area contributed by atoms with Crippen LogP contribution in [0.15, 0.2) is 45.9 Å². The number of aryl methyl sites for hydroxylation is 1. The highest BCUT2D eigenvalue weighted by Gasteiger charge is 2.25. The SMILES string of the molecule is CCC(CC)C(=O)Nc1ccc(Oc2c(C)c(C(=O)O)nn2C)c(S(=O)(=O)NCc2ccco2)c1. The standard InChI is InChI=1S/C23H28N4O7S/c1-5-15(6-2)21(28)25-16-9-10-18(34-22-14(3)20(23(29)30)26-27(22)4)19(12-16)35(31,32)24-13-17-8-7-11-33-17/h7-12,15,24H,5-6,13H2,1-4H3,(H,25,28)(H,29,30). The van der Waals surface area contributed by atoms with E-state index in [-0.39, 0.29) is 51.8 Å². The lowest BCUT2D eigenvalue weighted by atomic mass is 10.0. The summed E-state index contributed by atoms with van der Waals surface area (Å²) in [4.78, 5) is 23.7. The molecule has 0 unspecified atom stereocenters. The number of carbonyl (C=O) groups is 2. The van der Waals surface area contributed by atoms with Gasteiger partial charge in [0.2, 0.25) is 21.8 Å². The fraction of sp³-hybridized carbons (Fsp3) is 0.348. The van der Waals surface area contributed by atoms with E-state index in [1.54, 1.807) is 12.1 Å². The Kier molecular flexibility index (Phi) is 7.97. The monoisotopic (exact) mass is 504 g/mol. The Morgan fingerprint density at radius 3 is 2.51 bits per heavy atom. The molecule has 1 amide bonds. The molecule has 0 fully saturated rings. The lowest BCUT2D eigenvalue weighted by molar-refractivity contribution is -0.120. The van der Waals surface area contributed by atoms with Crippen LogP contribution in [0, 0.1) is 12.8 Å². The van der Waals surface area contributed by atoms with Gasteiger partial charge in [0.25, 0.3) is 0 Å². The molecule has 2 heterocycles. The summed E-state index contributed by atoms with van der Waals surface area (Å²) in [6.45, 7) is 5.22. The number of furan rings is 1. The summed E-state index contributed by atoms with van der Waals surface area (Å²) in [5.41, 5.74) is 0.301. The second kappa shape index (κ2) is 10.7. The van der Waals surface area contributed by atoms with E-state index < -0.39 is 16.0 Å². The van der Waals surface area contributed by atoms with Crippen LogP contribution in [0.5, 0.6) is 11.6 Å². The van der Waals surface area contributed by atoms with E-state index in [0.717, 1.165) is 0 Å². The molecule has 0 spiro atoms. The van der Waals surface area contributed by atoms with Crippen LogP contribution in [0.1, 0.15) is 48.5 Å². The molecule has 188 valence electrons. The van der Waals surface area contributed by atoms with Crippen molar-refractivity contribution in [3.05, 3.63) is 53.6 Å². The molecule has 0 aliphatic carbocycles. The van der Waals surface area contributed by atoms with E-state index >= 15 is 0 Å². The van der Waals surface area contributed by atoms with E-state index in [0.29, 0.717) is 18.6 Å². The molecule has 3 N–H and O–H groups in total. The first-order valence-corrected chi connectivity index (χ1v) is 12.5. The first-order valence-electron chi connectivity index (χ1n) is 11.0. The van der Waals surface area contributed by atoms with Crippen molar-refractivity contribution in [3.63, 3.8) is 0 Å². The lowest BCUT2D eigenvalue weighted by Gasteiger charge is -2.16. The van der Waals surface area contributed by atoms with Gasteiger partial charge in [0.05, 0.1) is 12.8 Å². The van der Waals surface area contributed by atoms with E-state index in [1.165, 1.54) is 43.1 Å². The Balaban J connectivity index is 2.01. The summed E-state index contributed by atoms with van der Waals surface area (Å²) in [6.07, 6.45) is 2.72. The highest BCUT2D eigenvalue weighted by Crippen LogP contribution is 2.34. The first-order chi connectivity index (χ1) is 16.6. The fourth-order valence-corrected chi connectivity index (χ4v) is 4.65. The third-order valence-corrected chi connectivity index (χ3v) is 6.93. The number of benzene rings is 1. The maximum atomic E-state index is 13.2. The Hall–Kier alpha value is -3.64.